The van der Waals surface area contributed by atoms with Gasteiger partial charge in [-0.15, -0.1) is 0 Å². The van der Waals surface area contributed by atoms with Crippen LogP contribution in [0.2, 0.25) is 0 Å². The molecule has 0 aromatic heterocycles. The zero-order valence-corrected chi connectivity index (χ0v) is 13.1. The van der Waals surface area contributed by atoms with Crippen LogP contribution >= 0.6 is 15.9 Å². The fourth-order valence-corrected chi connectivity index (χ4v) is 3.33. The molecule has 3 atom stereocenters. The monoisotopic (exact) mass is 356 g/mol. The highest BCUT2D eigenvalue weighted by Gasteiger charge is 2.32. The van der Waals surface area contributed by atoms with Gasteiger partial charge < -0.3 is 25.2 Å². The molecule has 2 aliphatic rings. The molecule has 0 aliphatic carbocycles. The van der Waals surface area contributed by atoms with Gasteiger partial charge in [-0.1, -0.05) is 0 Å². The number of aliphatic hydroxyl groups excluding tert-OH is 2. The van der Waals surface area contributed by atoms with E-state index in [4.69, 9.17) is 4.74 Å². The standard InChI is InChI=1S/C14H17BrN2O4/c1-7-6-21-8(5-18)4-17(7)12-3-11-9(2-10(12)15)13(19)14(20)16-11/h2-3,7-8,13,18-19H,4-6H2,1H3,(H,16,20). The second kappa shape index (κ2) is 5.57. The Labute approximate surface area is 130 Å². The predicted molar refractivity (Wildman–Crippen MR) is 81.4 cm³/mol. The first kappa shape index (κ1) is 14.8. The van der Waals surface area contributed by atoms with Crippen LogP contribution in [0.5, 0.6) is 0 Å². The van der Waals surface area contributed by atoms with E-state index in [-0.39, 0.29) is 18.8 Å². The second-order valence-electron chi connectivity index (χ2n) is 5.42. The van der Waals surface area contributed by atoms with Crippen molar-refractivity contribution in [2.45, 2.75) is 25.2 Å². The fraction of sp³-hybridized carbons (Fsp3) is 0.500. The maximum absolute atomic E-state index is 11.5. The van der Waals surface area contributed by atoms with Crippen molar-refractivity contribution in [3.8, 4) is 0 Å². The number of hydrogen-bond donors (Lipinski definition) is 3. The molecule has 0 spiro atoms. The molecule has 3 N–H and O–H groups in total. The van der Waals surface area contributed by atoms with Gasteiger partial charge in [-0.3, -0.25) is 4.79 Å². The molecule has 1 aromatic carbocycles. The van der Waals surface area contributed by atoms with Gasteiger partial charge >= 0.3 is 0 Å². The summed E-state index contributed by atoms with van der Waals surface area (Å²) in [6.45, 7) is 3.12. The van der Waals surface area contributed by atoms with Gasteiger partial charge in [-0.25, -0.2) is 0 Å². The van der Waals surface area contributed by atoms with E-state index in [1.807, 2.05) is 13.0 Å². The van der Waals surface area contributed by atoms with Gasteiger partial charge in [0.05, 0.1) is 25.0 Å². The van der Waals surface area contributed by atoms with Crippen molar-refractivity contribution >= 4 is 33.2 Å². The Balaban J connectivity index is 1.96. The smallest absolute Gasteiger partial charge is 0.257 e. The summed E-state index contributed by atoms with van der Waals surface area (Å²) in [5.74, 6) is -0.405. The minimum absolute atomic E-state index is 0.0266. The van der Waals surface area contributed by atoms with Gasteiger partial charge in [0.15, 0.2) is 6.10 Å². The van der Waals surface area contributed by atoms with E-state index in [0.717, 1.165) is 10.2 Å². The molecule has 0 radical (unpaired) electrons. The number of halogens is 1. The van der Waals surface area contributed by atoms with E-state index in [2.05, 4.69) is 26.1 Å². The Morgan fingerprint density at radius 1 is 1.52 bits per heavy atom. The highest BCUT2D eigenvalue weighted by molar-refractivity contribution is 9.10. The van der Waals surface area contributed by atoms with E-state index in [1.165, 1.54) is 0 Å². The summed E-state index contributed by atoms with van der Waals surface area (Å²) >= 11 is 3.51. The molecule has 7 heteroatoms. The van der Waals surface area contributed by atoms with E-state index < -0.39 is 12.0 Å². The van der Waals surface area contributed by atoms with Crippen LogP contribution in [-0.2, 0) is 9.53 Å². The number of ether oxygens (including phenoxy) is 1. The number of fused-ring (bicyclic) bond motifs is 1. The number of nitrogens with zero attached hydrogens (tertiary/aromatic N) is 1. The summed E-state index contributed by atoms with van der Waals surface area (Å²) < 4.78 is 6.35. The molecule has 3 rings (SSSR count). The first-order chi connectivity index (χ1) is 10.0. The van der Waals surface area contributed by atoms with E-state index >= 15 is 0 Å². The summed E-state index contributed by atoms with van der Waals surface area (Å²) in [5, 5.41) is 21.8. The zero-order chi connectivity index (χ0) is 15.1. The molecule has 3 unspecified atom stereocenters. The number of anilines is 2. The number of rotatable bonds is 2. The van der Waals surface area contributed by atoms with Crippen LogP contribution in [0.3, 0.4) is 0 Å². The third-order valence-electron chi connectivity index (χ3n) is 3.94. The average Bonchev–Trinajstić information content (AvgIpc) is 2.74. The summed E-state index contributed by atoms with van der Waals surface area (Å²) in [6, 6.07) is 3.77. The Bertz CT molecular complexity index is 580. The number of carbonyl (C=O) groups is 1. The molecular weight excluding hydrogens is 340 g/mol. The van der Waals surface area contributed by atoms with Crippen LogP contribution < -0.4 is 10.2 Å². The van der Waals surface area contributed by atoms with Crippen LogP contribution in [0.25, 0.3) is 0 Å². The predicted octanol–water partition coefficient (Wildman–Crippen LogP) is 1.02. The summed E-state index contributed by atoms with van der Waals surface area (Å²) in [7, 11) is 0. The van der Waals surface area contributed by atoms with Gasteiger partial charge in [0, 0.05) is 28.3 Å². The molecule has 1 amide bonds. The number of nitrogens with one attached hydrogen (secondary N) is 1. The fourth-order valence-electron chi connectivity index (χ4n) is 2.74. The quantitative estimate of drug-likeness (QED) is 0.736. The van der Waals surface area contributed by atoms with Gasteiger partial charge in [0.1, 0.15) is 0 Å². The summed E-state index contributed by atoms with van der Waals surface area (Å²) in [6.07, 6.45) is -1.33. The highest BCUT2D eigenvalue weighted by Crippen LogP contribution is 2.40. The summed E-state index contributed by atoms with van der Waals surface area (Å²) in [4.78, 5) is 13.7. The van der Waals surface area contributed by atoms with Crippen molar-refractivity contribution in [2.75, 3.05) is 30.0 Å². The molecule has 1 aromatic rings. The molecule has 2 heterocycles. The maximum Gasteiger partial charge on any atom is 0.257 e. The molecular formula is C14H17BrN2O4. The van der Waals surface area contributed by atoms with Crippen molar-refractivity contribution in [1.82, 2.24) is 0 Å². The molecule has 1 fully saturated rings. The number of morpholine rings is 1. The Morgan fingerprint density at radius 2 is 2.29 bits per heavy atom. The third kappa shape index (κ3) is 2.55. The first-order valence-electron chi connectivity index (χ1n) is 6.82. The lowest BCUT2D eigenvalue weighted by Crippen LogP contribution is -2.49. The molecule has 2 aliphatic heterocycles. The lowest BCUT2D eigenvalue weighted by molar-refractivity contribution is -0.123. The van der Waals surface area contributed by atoms with Crippen LogP contribution in [-0.4, -0.2) is 48.0 Å². The van der Waals surface area contributed by atoms with Crippen LogP contribution in [0.1, 0.15) is 18.6 Å². The van der Waals surface area contributed by atoms with Crippen LogP contribution in [0, 0.1) is 0 Å². The molecule has 6 nitrogen and oxygen atoms in total. The van der Waals surface area contributed by atoms with E-state index in [9.17, 15) is 15.0 Å². The Kier molecular flexibility index (Phi) is 3.92. The van der Waals surface area contributed by atoms with Gasteiger partial charge in [-0.05, 0) is 35.0 Å². The lowest BCUT2D eigenvalue weighted by Gasteiger charge is -2.39. The molecule has 1 saturated heterocycles. The Morgan fingerprint density at radius 3 is 3.00 bits per heavy atom. The highest BCUT2D eigenvalue weighted by atomic mass is 79.9. The van der Waals surface area contributed by atoms with Crippen molar-refractivity contribution in [2.24, 2.45) is 0 Å². The van der Waals surface area contributed by atoms with Crippen molar-refractivity contribution < 1.29 is 19.7 Å². The van der Waals surface area contributed by atoms with Gasteiger partial charge in [-0.2, -0.15) is 0 Å². The van der Waals surface area contributed by atoms with Crippen LogP contribution in [0.4, 0.5) is 11.4 Å². The molecule has 114 valence electrons. The Hall–Kier alpha value is -1.15. The van der Waals surface area contributed by atoms with Crippen LogP contribution in [0.15, 0.2) is 16.6 Å². The number of aliphatic hydroxyl groups is 2. The van der Waals surface area contributed by atoms with E-state index in [1.54, 1.807) is 6.07 Å². The van der Waals surface area contributed by atoms with Crippen molar-refractivity contribution in [1.29, 1.82) is 0 Å². The lowest BCUT2D eigenvalue weighted by atomic mass is 10.1. The van der Waals surface area contributed by atoms with Gasteiger partial charge in [0.2, 0.25) is 0 Å². The SMILES string of the molecule is CC1COC(CO)CN1c1cc2c(cc1Br)C(O)C(=O)N2. The maximum atomic E-state index is 11.5. The van der Waals surface area contributed by atoms with Gasteiger partial charge in [0.25, 0.3) is 5.91 Å². The second-order valence-corrected chi connectivity index (χ2v) is 6.28. The molecule has 0 saturated carbocycles. The number of benzene rings is 1. The topological polar surface area (TPSA) is 82.0 Å². The van der Waals surface area contributed by atoms with E-state index in [0.29, 0.717) is 24.4 Å². The number of amides is 1. The minimum atomic E-state index is -1.11. The number of carbonyl (C=O) groups excluding carboxylic acids is 1. The first-order valence-corrected chi connectivity index (χ1v) is 7.62. The minimum Gasteiger partial charge on any atom is -0.394 e. The van der Waals surface area contributed by atoms with Crippen molar-refractivity contribution in [3.05, 3.63) is 22.2 Å². The largest absolute Gasteiger partial charge is 0.394 e. The zero-order valence-electron chi connectivity index (χ0n) is 11.5. The third-order valence-corrected chi connectivity index (χ3v) is 4.57. The number of hydrogen-bond acceptors (Lipinski definition) is 5. The van der Waals surface area contributed by atoms with Crippen molar-refractivity contribution in [3.63, 3.8) is 0 Å². The molecule has 0 bridgehead atoms. The summed E-state index contributed by atoms with van der Waals surface area (Å²) in [5.41, 5.74) is 2.12. The normalized spacial score (nSPS) is 28.5. The molecule has 21 heavy (non-hydrogen) atoms. The average molecular weight is 357 g/mol.